The van der Waals surface area contributed by atoms with E-state index in [-0.39, 0.29) is 22.8 Å². The Morgan fingerprint density at radius 2 is 1.83 bits per heavy atom. The van der Waals surface area contributed by atoms with Gasteiger partial charge in [-0.25, -0.2) is 18.2 Å². The highest BCUT2D eigenvalue weighted by Crippen LogP contribution is 2.23. The molecule has 7 heteroatoms. The number of benzene rings is 2. The lowest BCUT2D eigenvalue weighted by Gasteiger charge is -2.08. The zero-order valence-corrected chi connectivity index (χ0v) is 14.6. The number of thiazole rings is 1. The summed E-state index contributed by atoms with van der Waals surface area (Å²) >= 11 is 1.44. The van der Waals surface area contributed by atoms with E-state index in [1.54, 1.807) is 19.1 Å². The van der Waals surface area contributed by atoms with Gasteiger partial charge in [0.05, 0.1) is 26.4 Å². The minimum absolute atomic E-state index is 0.00167. The largest absolute Gasteiger partial charge is 0.455 e. The number of carbonyl (C=O) groups excluding carboxylic acids is 1. The molecule has 0 aliphatic rings. The second-order valence-electron chi connectivity index (χ2n) is 5.05. The van der Waals surface area contributed by atoms with Crippen LogP contribution in [0, 0.1) is 0 Å². The Morgan fingerprint density at radius 3 is 2.58 bits per heavy atom. The highest BCUT2D eigenvalue weighted by atomic mass is 32.2. The van der Waals surface area contributed by atoms with Crippen molar-refractivity contribution in [2.75, 3.05) is 5.75 Å². The molecular weight excluding hydrogens is 346 g/mol. The Morgan fingerprint density at radius 1 is 1.12 bits per heavy atom. The molecule has 0 unspecified atom stereocenters. The van der Waals surface area contributed by atoms with Crippen LogP contribution in [0.15, 0.2) is 53.4 Å². The van der Waals surface area contributed by atoms with Crippen LogP contribution in [0.1, 0.15) is 22.3 Å². The first-order valence-corrected chi connectivity index (χ1v) is 9.81. The van der Waals surface area contributed by atoms with Gasteiger partial charge < -0.3 is 4.74 Å². The molecule has 0 aliphatic heterocycles. The fourth-order valence-electron chi connectivity index (χ4n) is 2.25. The maximum Gasteiger partial charge on any atom is 0.339 e. The van der Waals surface area contributed by atoms with Gasteiger partial charge >= 0.3 is 5.97 Å². The van der Waals surface area contributed by atoms with E-state index in [0.29, 0.717) is 5.01 Å². The van der Waals surface area contributed by atoms with E-state index in [4.69, 9.17) is 4.74 Å². The third-order valence-electron chi connectivity index (χ3n) is 3.49. The van der Waals surface area contributed by atoms with Gasteiger partial charge in [-0.05, 0) is 24.3 Å². The zero-order chi connectivity index (χ0) is 17.2. The van der Waals surface area contributed by atoms with Crippen molar-refractivity contribution in [3.05, 3.63) is 59.1 Å². The van der Waals surface area contributed by atoms with Crippen molar-refractivity contribution in [3.8, 4) is 0 Å². The molecule has 0 amide bonds. The van der Waals surface area contributed by atoms with E-state index in [9.17, 15) is 13.2 Å². The summed E-state index contributed by atoms with van der Waals surface area (Å²) in [6.45, 7) is 1.55. The third kappa shape index (κ3) is 3.32. The van der Waals surface area contributed by atoms with Crippen LogP contribution in [0.25, 0.3) is 10.2 Å². The summed E-state index contributed by atoms with van der Waals surface area (Å²) in [7, 11) is -3.49. The Kier molecular flexibility index (Phi) is 4.64. The van der Waals surface area contributed by atoms with Crippen LogP contribution < -0.4 is 0 Å². The number of hydrogen-bond acceptors (Lipinski definition) is 6. The van der Waals surface area contributed by atoms with Crippen LogP contribution in [0.2, 0.25) is 0 Å². The number of rotatable bonds is 5. The molecule has 2 aromatic carbocycles. The summed E-state index contributed by atoms with van der Waals surface area (Å²) in [6, 6.07) is 13.7. The predicted molar refractivity (Wildman–Crippen MR) is 92.9 cm³/mol. The smallest absolute Gasteiger partial charge is 0.339 e. The molecule has 0 radical (unpaired) electrons. The maximum absolute atomic E-state index is 12.3. The molecule has 0 saturated heterocycles. The van der Waals surface area contributed by atoms with Gasteiger partial charge in [0.1, 0.15) is 11.6 Å². The number of nitrogens with zero attached hydrogens (tertiary/aromatic N) is 1. The first-order chi connectivity index (χ1) is 11.5. The van der Waals surface area contributed by atoms with Gasteiger partial charge in [0, 0.05) is 0 Å². The number of aromatic nitrogens is 1. The molecule has 0 saturated carbocycles. The molecular formula is C17H15NO4S2. The molecule has 0 spiro atoms. The zero-order valence-electron chi connectivity index (χ0n) is 12.9. The van der Waals surface area contributed by atoms with Crippen LogP contribution >= 0.6 is 11.3 Å². The number of carbonyl (C=O) groups is 1. The number of hydrogen-bond donors (Lipinski definition) is 0. The van der Waals surface area contributed by atoms with E-state index in [1.807, 2.05) is 24.3 Å². The van der Waals surface area contributed by atoms with Gasteiger partial charge in [-0.3, -0.25) is 0 Å². The molecule has 1 aromatic heterocycles. The molecule has 0 N–H and O–H groups in total. The van der Waals surface area contributed by atoms with Gasteiger partial charge in [0.25, 0.3) is 0 Å². The second kappa shape index (κ2) is 6.70. The molecule has 0 fully saturated rings. The molecule has 1 heterocycles. The number of para-hydroxylation sites is 1. The minimum Gasteiger partial charge on any atom is -0.455 e. The van der Waals surface area contributed by atoms with E-state index in [0.717, 1.165) is 10.2 Å². The van der Waals surface area contributed by atoms with Gasteiger partial charge in [-0.1, -0.05) is 31.2 Å². The van der Waals surface area contributed by atoms with Gasteiger partial charge in [0.2, 0.25) is 0 Å². The van der Waals surface area contributed by atoms with Crippen molar-refractivity contribution in [1.82, 2.24) is 4.98 Å². The van der Waals surface area contributed by atoms with Crippen LogP contribution in [-0.2, 0) is 21.2 Å². The van der Waals surface area contributed by atoms with E-state index in [2.05, 4.69) is 4.98 Å². The quantitative estimate of drug-likeness (QED) is 0.651. The van der Waals surface area contributed by atoms with Crippen LogP contribution in [0.4, 0.5) is 0 Å². The molecule has 5 nitrogen and oxygen atoms in total. The summed E-state index contributed by atoms with van der Waals surface area (Å²) in [6.07, 6.45) is 0. The summed E-state index contributed by atoms with van der Waals surface area (Å²) in [5.41, 5.74) is 0.906. The standard InChI is InChI=1S/C17H15NO4S2/c1-2-24(20,21)15-10-6-3-7-12(15)17(19)22-11-16-18-13-8-4-5-9-14(13)23-16/h3-10H,2,11H2,1H3. The lowest BCUT2D eigenvalue weighted by atomic mass is 10.2. The van der Waals surface area contributed by atoms with Crippen LogP contribution in [0.5, 0.6) is 0 Å². The molecule has 0 aliphatic carbocycles. The topological polar surface area (TPSA) is 73.3 Å². The molecule has 3 rings (SSSR count). The Labute approximate surface area is 143 Å². The fraction of sp³-hybridized carbons (Fsp3) is 0.176. The first kappa shape index (κ1) is 16.6. The van der Waals surface area contributed by atoms with Crippen LogP contribution in [0.3, 0.4) is 0 Å². The SMILES string of the molecule is CCS(=O)(=O)c1ccccc1C(=O)OCc1nc2ccccc2s1. The second-order valence-corrected chi connectivity index (χ2v) is 8.41. The van der Waals surface area contributed by atoms with Crippen molar-refractivity contribution in [1.29, 1.82) is 0 Å². The van der Waals surface area contributed by atoms with Crippen molar-refractivity contribution in [3.63, 3.8) is 0 Å². The van der Waals surface area contributed by atoms with E-state index < -0.39 is 15.8 Å². The van der Waals surface area contributed by atoms with Gasteiger partial charge in [0.15, 0.2) is 9.84 Å². The lowest BCUT2D eigenvalue weighted by Crippen LogP contribution is -2.13. The average molecular weight is 361 g/mol. The molecule has 24 heavy (non-hydrogen) atoms. The third-order valence-corrected chi connectivity index (χ3v) is 6.28. The molecule has 124 valence electrons. The number of sulfone groups is 1. The van der Waals surface area contributed by atoms with Crippen LogP contribution in [-0.4, -0.2) is 25.1 Å². The summed E-state index contributed by atoms with van der Waals surface area (Å²) in [5.74, 6) is -0.739. The maximum atomic E-state index is 12.3. The van der Waals surface area contributed by atoms with E-state index >= 15 is 0 Å². The van der Waals surface area contributed by atoms with Crippen molar-refractivity contribution < 1.29 is 17.9 Å². The predicted octanol–water partition coefficient (Wildman–Crippen LogP) is 3.45. The summed E-state index contributed by atoms with van der Waals surface area (Å²) < 4.78 is 30.5. The Balaban J connectivity index is 1.81. The average Bonchev–Trinajstić information content (AvgIpc) is 3.02. The number of esters is 1. The summed E-state index contributed by atoms with van der Waals surface area (Å²) in [4.78, 5) is 16.7. The highest BCUT2D eigenvalue weighted by molar-refractivity contribution is 7.91. The monoisotopic (exact) mass is 361 g/mol. The van der Waals surface area contributed by atoms with Gasteiger partial charge in [-0.2, -0.15) is 0 Å². The lowest BCUT2D eigenvalue weighted by molar-refractivity contribution is 0.0468. The number of ether oxygens (including phenoxy) is 1. The fourth-order valence-corrected chi connectivity index (χ4v) is 4.21. The Bertz CT molecular complexity index is 960. The normalized spacial score (nSPS) is 11.5. The molecule has 0 bridgehead atoms. The Hall–Kier alpha value is -2.25. The van der Waals surface area contributed by atoms with Gasteiger partial charge in [-0.15, -0.1) is 11.3 Å². The molecule has 0 atom stereocenters. The summed E-state index contributed by atoms with van der Waals surface area (Å²) in [5, 5.41) is 0.667. The van der Waals surface area contributed by atoms with Crippen molar-refractivity contribution in [2.24, 2.45) is 0 Å². The number of fused-ring (bicyclic) bond motifs is 1. The minimum atomic E-state index is -3.49. The van der Waals surface area contributed by atoms with Crippen molar-refractivity contribution in [2.45, 2.75) is 18.4 Å². The first-order valence-electron chi connectivity index (χ1n) is 7.34. The molecule has 3 aromatic rings. The van der Waals surface area contributed by atoms with Crippen molar-refractivity contribution >= 4 is 37.4 Å². The van der Waals surface area contributed by atoms with E-state index in [1.165, 1.54) is 23.5 Å². The highest BCUT2D eigenvalue weighted by Gasteiger charge is 2.21.